The van der Waals surface area contributed by atoms with Crippen LogP contribution in [0.3, 0.4) is 0 Å². The molecule has 5 fully saturated rings. The van der Waals surface area contributed by atoms with Gasteiger partial charge in [-0.1, -0.05) is 20.3 Å². The molecule has 1 heterocycles. The predicted molar refractivity (Wildman–Crippen MR) is 87.8 cm³/mol. The quantitative estimate of drug-likeness (QED) is 0.730. The van der Waals surface area contributed by atoms with Crippen molar-refractivity contribution < 1.29 is 14.9 Å². The molecule has 5 aliphatic rings. The van der Waals surface area contributed by atoms with Gasteiger partial charge in [-0.3, -0.25) is 0 Å². The van der Waals surface area contributed by atoms with Crippen LogP contribution in [-0.2, 0) is 4.74 Å². The van der Waals surface area contributed by atoms with Gasteiger partial charge in [0.15, 0.2) is 0 Å². The minimum absolute atomic E-state index is 0.0105. The summed E-state index contributed by atoms with van der Waals surface area (Å²) in [5.41, 5.74) is 0.320. The minimum atomic E-state index is -0.244. The SMILES string of the molecule is C[C@]1(CO)CCC[C@]2(C)[C@@H]1C[C@H](O)[C@@]13C[C@@H](CC[C@@H]21)[C@]1(C)O[C@@H]13. The Bertz CT molecular complexity index is 549. The van der Waals surface area contributed by atoms with Gasteiger partial charge in [-0.05, 0) is 74.0 Å². The number of epoxide rings is 1. The summed E-state index contributed by atoms with van der Waals surface area (Å²) in [5, 5.41) is 21.4. The van der Waals surface area contributed by atoms with Gasteiger partial charge in [0.05, 0.1) is 17.8 Å². The van der Waals surface area contributed by atoms with Gasteiger partial charge in [0.1, 0.15) is 0 Å². The molecule has 0 unspecified atom stereocenters. The molecular formula is C20H32O3. The zero-order valence-electron chi connectivity index (χ0n) is 14.8. The zero-order valence-corrected chi connectivity index (χ0v) is 14.8. The van der Waals surface area contributed by atoms with Crippen LogP contribution in [0.1, 0.15) is 65.7 Å². The van der Waals surface area contributed by atoms with Crippen molar-refractivity contribution in [1.29, 1.82) is 0 Å². The molecule has 1 spiro atoms. The van der Waals surface area contributed by atoms with Crippen molar-refractivity contribution in [3.8, 4) is 0 Å². The highest BCUT2D eigenvalue weighted by atomic mass is 16.6. The van der Waals surface area contributed by atoms with E-state index in [0.29, 0.717) is 23.9 Å². The third-order valence-corrected chi connectivity index (χ3v) is 9.52. The lowest BCUT2D eigenvalue weighted by molar-refractivity contribution is -0.220. The summed E-state index contributed by atoms with van der Waals surface area (Å²) in [6, 6.07) is 0. The van der Waals surface area contributed by atoms with Crippen LogP contribution in [0.2, 0.25) is 0 Å². The van der Waals surface area contributed by atoms with Crippen LogP contribution < -0.4 is 0 Å². The van der Waals surface area contributed by atoms with Gasteiger partial charge in [0, 0.05) is 12.0 Å². The van der Waals surface area contributed by atoms with Crippen LogP contribution in [-0.4, -0.2) is 34.6 Å². The Morgan fingerprint density at radius 1 is 1.09 bits per heavy atom. The Hall–Kier alpha value is -0.120. The fraction of sp³-hybridized carbons (Fsp3) is 1.00. The molecule has 3 heteroatoms. The smallest absolute Gasteiger partial charge is 0.0957 e. The Labute approximate surface area is 139 Å². The summed E-state index contributed by atoms with van der Waals surface area (Å²) in [6.45, 7) is 7.30. The summed E-state index contributed by atoms with van der Waals surface area (Å²) in [5.74, 6) is 1.67. The van der Waals surface area contributed by atoms with E-state index in [9.17, 15) is 10.2 Å². The lowest BCUT2D eigenvalue weighted by atomic mass is 9.40. The minimum Gasteiger partial charge on any atom is -0.396 e. The van der Waals surface area contributed by atoms with Gasteiger partial charge >= 0.3 is 0 Å². The number of hydrogen-bond donors (Lipinski definition) is 2. The van der Waals surface area contributed by atoms with Gasteiger partial charge in [-0.15, -0.1) is 0 Å². The maximum Gasteiger partial charge on any atom is 0.0957 e. The van der Waals surface area contributed by atoms with Crippen LogP contribution in [0.4, 0.5) is 0 Å². The number of aliphatic hydroxyl groups excluding tert-OH is 2. The fourth-order valence-electron chi connectivity index (χ4n) is 8.37. The topological polar surface area (TPSA) is 53.0 Å². The second kappa shape index (κ2) is 4.16. The van der Waals surface area contributed by atoms with Crippen LogP contribution in [0.25, 0.3) is 0 Å². The van der Waals surface area contributed by atoms with Gasteiger partial charge in [-0.2, -0.15) is 0 Å². The van der Waals surface area contributed by atoms with E-state index in [2.05, 4.69) is 20.8 Å². The molecule has 3 nitrogen and oxygen atoms in total. The van der Waals surface area contributed by atoms with Crippen molar-refractivity contribution >= 4 is 0 Å². The van der Waals surface area contributed by atoms with E-state index in [0.717, 1.165) is 12.8 Å². The summed E-state index contributed by atoms with van der Waals surface area (Å²) >= 11 is 0. The van der Waals surface area contributed by atoms with E-state index in [-0.39, 0.29) is 34.6 Å². The number of aliphatic hydroxyl groups is 2. The molecule has 4 saturated carbocycles. The maximum atomic E-state index is 11.3. The Balaban J connectivity index is 1.61. The first-order chi connectivity index (χ1) is 10.8. The van der Waals surface area contributed by atoms with Gasteiger partial charge < -0.3 is 14.9 Å². The van der Waals surface area contributed by atoms with Crippen molar-refractivity contribution in [3.63, 3.8) is 0 Å². The largest absolute Gasteiger partial charge is 0.396 e. The van der Waals surface area contributed by atoms with E-state index in [4.69, 9.17) is 4.74 Å². The average Bonchev–Trinajstić information content (AvgIpc) is 3.19. The Morgan fingerprint density at radius 3 is 2.61 bits per heavy atom. The van der Waals surface area contributed by atoms with Crippen molar-refractivity contribution in [1.82, 2.24) is 0 Å². The molecule has 0 aromatic heterocycles. The lowest BCUT2D eigenvalue weighted by Gasteiger charge is -2.65. The molecule has 23 heavy (non-hydrogen) atoms. The lowest BCUT2D eigenvalue weighted by Crippen LogP contribution is -2.63. The fourth-order valence-corrected chi connectivity index (χ4v) is 8.37. The van der Waals surface area contributed by atoms with E-state index in [1.54, 1.807) is 0 Å². The summed E-state index contributed by atoms with van der Waals surface area (Å²) in [4.78, 5) is 0. The monoisotopic (exact) mass is 320 g/mol. The molecule has 1 saturated heterocycles. The van der Waals surface area contributed by atoms with E-state index in [1.807, 2.05) is 0 Å². The molecular weight excluding hydrogens is 288 g/mol. The highest BCUT2D eigenvalue weighted by molar-refractivity contribution is 5.28. The molecule has 0 aromatic carbocycles. The van der Waals surface area contributed by atoms with Gasteiger partial charge in [0.25, 0.3) is 0 Å². The highest BCUT2D eigenvalue weighted by Gasteiger charge is 2.81. The van der Waals surface area contributed by atoms with Crippen LogP contribution >= 0.6 is 0 Å². The van der Waals surface area contributed by atoms with Crippen LogP contribution in [0, 0.1) is 34.0 Å². The van der Waals surface area contributed by atoms with Crippen molar-refractivity contribution in [2.24, 2.45) is 34.0 Å². The second-order valence-electron chi connectivity index (χ2n) is 10.3. The first kappa shape index (κ1) is 15.2. The van der Waals surface area contributed by atoms with Gasteiger partial charge in [0.2, 0.25) is 0 Å². The highest BCUT2D eigenvalue weighted by Crippen LogP contribution is 2.77. The number of hydrogen-bond acceptors (Lipinski definition) is 3. The molecule has 4 aliphatic carbocycles. The van der Waals surface area contributed by atoms with E-state index >= 15 is 0 Å². The predicted octanol–water partition coefficient (Wildman–Crippen LogP) is 3.13. The van der Waals surface area contributed by atoms with Crippen LogP contribution in [0.5, 0.6) is 0 Å². The molecule has 0 amide bonds. The maximum absolute atomic E-state index is 11.3. The van der Waals surface area contributed by atoms with E-state index < -0.39 is 0 Å². The van der Waals surface area contributed by atoms with Crippen molar-refractivity contribution in [3.05, 3.63) is 0 Å². The Morgan fingerprint density at radius 2 is 1.87 bits per heavy atom. The molecule has 0 radical (unpaired) electrons. The Kier molecular flexibility index (Phi) is 2.74. The first-order valence-corrected chi connectivity index (χ1v) is 9.78. The zero-order chi connectivity index (χ0) is 16.3. The number of rotatable bonds is 1. The molecule has 2 N–H and O–H groups in total. The summed E-state index contributed by atoms with van der Waals surface area (Å²) in [6.07, 6.45) is 8.21. The third-order valence-electron chi connectivity index (χ3n) is 9.52. The van der Waals surface area contributed by atoms with Gasteiger partial charge in [-0.25, -0.2) is 0 Å². The molecule has 130 valence electrons. The van der Waals surface area contributed by atoms with Crippen molar-refractivity contribution in [2.75, 3.05) is 6.61 Å². The van der Waals surface area contributed by atoms with Crippen molar-refractivity contribution in [2.45, 2.75) is 83.5 Å². The normalized spacial score (nSPS) is 66.4. The molecule has 9 atom stereocenters. The number of ether oxygens (including phenoxy) is 1. The molecule has 1 aliphatic heterocycles. The molecule has 5 rings (SSSR count). The van der Waals surface area contributed by atoms with E-state index in [1.165, 1.54) is 32.1 Å². The van der Waals surface area contributed by atoms with Crippen LogP contribution in [0.15, 0.2) is 0 Å². The molecule has 0 aromatic rings. The summed E-state index contributed by atoms with van der Waals surface area (Å²) < 4.78 is 6.23. The number of fused-ring (bicyclic) bond motifs is 5. The molecule has 2 bridgehead atoms. The third kappa shape index (κ3) is 1.50. The average molecular weight is 320 g/mol. The second-order valence-corrected chi connectivity index (χ2v) is 10.3. The summed E-state index contributed by atoms with van der Waals surface area (Å²) in [7, 11) is 0. The standard InChI is InChI=1S/C20H32O3/c1-17(11-21)7-4-8-18(2)13-6-5-12-10-20(13,15(22)9-14(17)18)16-19(12,3)23-16/h12-16,21-22H,4-11H2,1-3H3/t12-,13+,14-,15+,16+,17-,18+,19+,20-/m1/s1. The first-order valence-electron chi connectivity index (χ1n) is 9.78.